The number of halogens is 3. The van der Waals surface area contributed by atoms with Gasteiger partial charge in [-0.3, -0.25) is 9.88 Å². The average Bonchev–Trinajstić information content (AvgIpc) is 2.84. The van der Waals surface area contributed by atoms with Crippen molar-refractivity contribution in [1.29, 1.82) is 0 Å². The minimum Gasteiger partial charge on any atom is -0.493 e. The highest BCUT2D eigenvalue weighted by molar-refractivity contribution is 5.93. The quantitative estimate of drug-likeness (QED) is 0.262. The summed E-state index contributed by atoms with van der Waals surface area (Å²) in [7, 11) is 0. The Morgan fingerprint density at radius 1 is 1.16 bits per heavy atom. The number of primary amides is 1. The number of urea groups is 1. The number of para-hydroxylation sites is 1. The van der Waals surface area contributed by atoms with Gasteiger partial charge in [0.1, 0.15) is 5.75 Å². The van der Waals surface area contributed by atoms with E-state index in [1.54, 1.807) is 12.1 Å². The Morgan fingerprint density at radius 2 is 1.92 bits per heavy atom. The summed E-state index contributed by atoms with van der Waals surface area (Å²) in [6.07, 6.45) is -3.10. The summed E-state index contributed by atoms with van der Waals surface area (Å²) in [6.45, 7) is 7.99. The number of benzene rings is 2. The van der Waals surface area contributed by atoms with Crippen LogP contribution in [0.5, 0.6) is 5.75 Å². The first-order valence-corrected chi connectivity index (χ1v) is 12.4. The number of fused-ring (bicyclic) bond motifs is 1. The third-order valence-corrected chi connectivity index (χ3v) is 6.12. The lowest BCUT2D eigenvalue weighted by Crippen LogP contribution is -2.45. The molecule has 0 aliphatic carbocycles. The SMILES string of the molecule is CCC(CNC(N)=O)N(CC)CCCOc1cc(Nc2cc(C)nc3ccccc23)cc(C(F)(F)F)c1. The summed E-state index contributed by atoms with van der Waals surface area (Å²) in [5.74, 6) is 0.137. The van der Waals surface area contributed by atoms with Gasteiger partial charge in [-0.2, -0.15) is 13.2 Å². The van der Waals surface area contributed by atoms with Crippen LogP contribution in [0.2, 0.25) is 0 Å². The summed E-state index contributed by atoms with van der Waals surface area (Å²) in [5.41, 5.74) is 6.85. The highest BCUT2D eigenvalue weighted by Gasteiger charge is 2.31. The zero-order valence-electron chi connectivity index (χ0n) is 21.4. The molecule has 2 aromatic carbocycles. The minimum absolute atomic E-state index is 0.112. The molecular weight excluding hydrogens is 483 g/mol. The number of aryl methyl sites for hydroxylation is 1. The lowest BCUT2D eigenvalue weighted by Gasteiger charge is -2.30. The Bertz CT molecular complexity index is 1200. The number of hydrogen-bond acceptors (Lipinski definition) is 5. The van der Waals surface area contributed by atoms with Crippen LogP contribution < -0.4 is 21.1 Å². The number of alkyl halides is 3. The van der Waals surface area contributed by atoms with Gasteiger partial charge in [0.15, 0.2) is 0 Å². The van der Waals surface area contributed by atoms with E-state index in [-0.39, 0.29) is 24.1 Å². The van der Waals surface area contributed by atoms with Crippen LogP contribution in [-0.2, 0) is 6.18 Å². The van der Waals surface area contributed by atoms with Gasteiger partial charge in [-0.1, -0.05) is 32.0 Å². The summed E-state index contributed by atoms with van der Waals surface area (Å²) >= 11 is 0. The molecular formula is C27H34F3N5O2. The molecule has 10 heteroatoms. The number of nitrogens with zero attached hydrogens (tertiary/aromatic N) is 2. The van der Waals surface area contributed by atoms with E-state index < -0.39 is 17.8 Å². The molecule has 7 nitrogen and oxygen atoms in total. The number of pyridine rings is 1. The molecule has 0 saturated heterocycles. The number of nitrogens with one attached hydrogen (secondary N) is 2. The third kappa shape index (κ3) is 7.98. The number of carbonyl (C=O) groups excluding carboxylic acids is 1. The van der Waals surface area contributed by atoms with E-state index in [1.165, 1.54) is 0 Å². The number of rotatable bonds is 12. The van der Waals surface area contributed by atoms with E-state index in [4.69, 9.17) is 10.5 Å². The van der Waals surface area contributed by atoms with Crippen molar-refractivity contribution in [2.75, 3.05) is 31.6 Å². The van der Waals surface area contributed by atoms with Crippen LogP contribution in [0.1, 0.15) is 37.9 Å². The predicted molar refractivity (Wildman–Crippen MR) is 140 cm³/mol. The van der Waals surface area contributed by atoms with Crippen molar-refractivity contribution in [2.24, 2.45) is 5.73 Å². The molecule has 0 fully saturated rings. The van der Waals surface area contributed by atoms with Crippen molar-refractivity contribution >= 4 is 28.3 Å². The monoisotopic (exact) mass is 517 g/mol. The molecule has 1 unspecified atom stereocenters. The van der Waals surface area contributed by atoms with Crippen molar-refractivity contribution < 1.29 is 22.7 Å². The molecule has 1 aromatic heterocycles. The second-order valence-electron chi connectivity index (χ2n) is 8.83. The molecule has 0 aliphatic heterocycles. The molecule has 0 saturated carbocycles. The summed E-state index contributed by atoms with van der Waals surface area (Å²) < 4.78 is 46.8. The molecule has 0 aliphatic rings. The molecule has 0 spiro atoms. The fourth-order valence-corrected chi connectivity index (χ4v) is 4.29. The van der Waals surface area contributed by atoms with Gasteiger partial charge in [0.2, 0.25) is 0 Å². The van der Waals surface area contributed by atoms with Crippen LogP contribution in [-0.4, -0.2) is 48.2 Å². The first-order chi connectivity index (χ1) is 17.6. The Balaban J connectivity index is 1.73. The van der Waals surface area contributed by atoms with Crippen molar-refractivity contribution in [3.05, 3.63) is 59.8 Å². The molecule has 3 rings (SSSR count). The van der Waals surface area contributed by atoms with Crippen LogP contribution in [0.3, 0.4) is 0 Å². The summed E-state index contributed by atoms with van der Waals surface area (Å²) in [6, 6.07) is 12.5. The van der Waals surface area contributed by atoms with E-state index in [1.807, 2.05) is 45.0 Å². The van der Waals surface area contributed by atoms with Crippen molar-refractivity contribution in [1.82, 2.24) is 15.2 Å². The number of anilines is 2. The number of hydrogen-bond donors (Lipinski definition) is 3. The molecule has 200 valence electrons. The minimum atomic E-state index is -4.52. The molecule has 0 radical (unpaired) electrons. The van der Waals surface area contributed by atoms with E-state index in [9.17, 15) is 18.0 Å². The Kier molecular flexibility index (Phi) is 9.57. The fraction of sp³-hybridized carbons (Fsp3) is 0.407. The highest BCUT2D eigenvalue weighted by Crippen LogP contribution is 2.36. The molecule has 3 aromatic rings. The molecule has 2 amide bonds. The molecule has 4 N–H and O–H groups in total. The standard InChI is InChI=1S/C27H34F3N5O2/c1-4-21(17-32-26(31)36)35(5-2)11-8-12-37-22-15-19(27(28,29)30)14-20(16-22)34-25-13-18(3)33-24-10-7-6-9-23(24)25/h6-7,9-10,13-16,21H,4-5,8,11-12,17H2,1-3H3,(H,33,34)(H3,31,32,36). The second-order valence-corrected chi connectivity index (χ2v) is 8.83. The van der Waals surface area contributed by atoms with E-state index in [2.05, 4.69) is 20.5 Å². The zero-order chi connectivity index (χ0) is 27.0. The van der Waals surface area contributed by atoms with Gasteiger partial charge in [-0.25, -0.2) is 4.79 Å². The number of nitrogens with two attached hydrogens (primary N) is 1. The van der Waals surface area contributed by atoms with Crippen molar-refractivity contribution in [2.45, 2.75) is 45.8 Å². The van der Waals surface area contributed by atoms with Gasteiger partial charge in [-0.05, 0) is 50.6 Å². The molecule has 1 atom stereocenters. The zero-order valence-corrected chi connectivity index (χ0v) is 21.4. The lowest BCUT2D eigenvalue weighted by molar-refractivity contribution is -0.137. The van der Waals surface area contributed by atoms with Gasteiger partial charge < -0.3 is 21.1 Å². The smallest absolute Gasteiger partial charge is 0.416 e. The Hall–Kier alpha value is -3.53. The number of ether oxygens (including phenoxy) is 1. The van der Waals surface area contributed by atoms with E-state index in [0.29, 0.717) is 25.2 Å². The number of carbonyl (C=O) groups is 1. The topological polar surface area (TPSA) is 92.5 Å². The van der Waals surface area contributed by atoms with Gasteiger partial charge in [-0.15, -0.1) is 0 Å². The van der Waals surface area contributed by atoms with E-state index in [0.717, 1.165) is 41.7 Å². The first-order valence-electron chi connectivity index (χ1n) is 12.4. The van der Waals surface area contributed by atoms with Crippen LogP contribution in [0.15, 0.2) is 48.5 Å². The Morgan fingerprint density at radius 3 is 2.59 bits per heavy atom. The van der Waals surface area contributed by atoms with Gasteiger partial charge in [0.05, 0.1) is 17.7 Å². The summed E-state index contributed by atoms with van der Waals surface area (Å²) in [5, 5.41) is 6.58. The van der Waals surface area contributed by atoms with E-state index >= 15 is 0 Å². The maximum absolute atomic E-state index is 13.7. The number of amides is 2. The second kappa shape index (κ2) is 12.6. The largest absolute Gasteiger partial charge is 0.493 e. The van der Waals surface area contributed by atoms with Crippen LogP contribution in [0.4, 0.5) is 29.3 Å². The number of aromatic nitrogens is 1. The normalized spacial score (nSPS) is 12.5. The van der Waals surface area contributed by atoms with Gasteiger partial charge >= 0.3 is 12.2 Å². The third-order valence-electron chi connectivity index (χ3n) is 6.12. The van der Waals surface area contributed by atoms with Crippen LogP contribution in [0, 0.1) is 6.92 Å². The highest BCUT2D eigenvalue weighted by atomic mass is 19.4. The molecule has 37 heavy (non-hydrogen) atoms. The molecule has 0 bridgehead atoms. The predicted octanol–water partition coefficient (Wildman–Crippen LogP) is 5.84. The number of likely N-dealkylation sites (N-methyl/N-ethyl adjacent to an activating group) is 1. The average molecular weight is 518 g/mol. The van der Waals surface area contributed by atoms with Crippen LogP contribution >= 0.6 is 0 Å². The van der Waals surface area contributed by atoms with Gasteiger partial charge in [0.25, 0.3) is 0 Å². The maximum Gasteiger partial charge on any atom is 0.416 e. The first kappa shape index (κ1) is 28.0. The van der Waals surface area contributed by atoms with Gasteiger partial charge in [0, 0.05) is 47.7 Å². The van der Waals surface area contributed by atoms with Crippen molar-refractivity contribution in [3.63, 3.8) is 0 Å². The lowest BCUT2D eigenvalue weighted by atomic mass is 10.1. The van der Waals surface area contributed by atoms with Crippen LogP contribution in [0.25, 0.3) is 10.9 Å². The summed E-state index contributed by atoms with van der Waals surface area (Å²) in [4.78, 5) is 17.7. The molecule has 1 heterocycles. The van der Waals surface area contributed by atoms with Crippen molar-refractivity contribution in [3.8, 4) is 5.75 Å². The maximum atomic E-state index is 13.7. The fourth-order valence-electron chi connectivity index (χ4n) is 4.29. The Labute approximate surface area is 215 Å².